The topological polar surface area (TPSA) is 109 Å². The smallest absolute Gasteiger partial charge is 0.243 e. The molecule has 0 bridgehead atoms. The molecule has 2 aromatic rings. The lowest BCUT2D eigenvalue weighted by molar-refractivity contribution is 0.186. The Morgan fingerprint density at radius 3 is 2.07 bits per heavy atom. The predicted molar refractivity (Wildman–Crippen MR) is 115 cm³/mol. The molecule has 0 unspecified atom stereocenters. The van der Waals surface area contributed by atoms with Gasteiger partial charge in [0.2, 0.25) is 5.88 Å². The molecule has 0 aliphatic carbocycles. The van der Waals surface area contributed by atoms with Crippen LogP contribution in [0.4, 0.5) is 34.3 Å². The van der Waals surface area contributed by atoms with E-state index in [-0.39, 0.29) is 6.10 Å². The van der Waals surface area contributed by atoms with E-state index in [1.54, 1.807) is 0 Å². The van der Waals surface area contributed by atoms with E-state index >= 15 is 0 Å². The molecule has 0 atom stereocenters. The molecular formula is C19H31N7O. The summed E-state index contributed by atoms with van der Waals surface area (Å²) >= 11 is 0. The first kappa shape index (κ1) is 20.4. The van der Waals surface area contributed by atoms with Gasteiger partial charge in [-0.15, -0.1) is 0 Å². The number of benzene rings is 1. The highest BCUT2D eigenvalue weighted by Gasteiger charge is 2.18. The number of nitrogens with two attached hydrogens (primary N) is 1. The van der Waals surface area contributed by atoms with E-state index in [0.717, 1.165) is 35.6 Å². The lowest BCUT2D eigenvalue weighted by Gasteiger charge is -2.21. The third-order valence-electron chi connectivity index (χ3n) is 4.42. The third-order valence-corrected chi connectivity index (χ3v) is 4.42. The molecule has 2 rings (SSSR count). The molecule has 1 heterocycles. The number of ether oxygens (including phenoxy) is 1. The van der Waals surface area contributed by atoms with Crippen LogP contribution >= 0.6 is 0 Å². The zero-order chi connectivity index (χ0) is 20.0. The van der Waals surface area contributed by atoms with Crippen LogP contribution in [0.25, 0.3) is 0 Å². The maximum Gasteiger partial charge on any atom is 0.243 e. The van der Waals surface area contributed by atoms with Gasteiger partial charge < -0.3 is 31.7 Å². The Morgan fingerprint density at radius 2 is 1.59 bits per heavy atom. The van der Waals surface area contributed by atoms with E-state index in [9.17, 15) is 0 Å². The van der Waals surface area contributed by atoms with Gasteiger partial charge in [-0.3, -0.25) is 0 Å². The minimum absolute atomic E-state index is 0.0742. The molecule has 0 aliphatic heterocycles. The maximum absolute atomic E-state index is 6.33. The molecule has 0 radical (unpaired) electrons. The molecule has 0 saturated heterocycles. The molecule has 8 nitrogen and oxygen atoms in total. The summed E-state index contributed by atoms with van der Waals surface area (Å²) < 4.78 is 6.00. The van der Waals surface area contributed by atoms with Crippen LogP contribution in [0.2, 0.25) is 0 Å². The zero-order valence-corrected chi connectivity index (χ0v) is 17.0. The van der Waals surface area contributed by atoms with Crippen molar-refractivity contribution >= 4 is 34.3 Å². The summed E-state index contributed by atoms with van der Waals surface area (Å²) in [5.41, 5.74) is 10.4. The molecule has 0 amide bonds. The highest BCUT2D eigenvalue weighted by atomic mass is 16.5. The number of anilines is 6. The highest BCUT2D eigenvalue weighted by Crippen LogP contribution is 2.38. The SMILES string of the molecule is CCC(CC)Oc1nc(C)nc(Nc2c(NC)cc(NC)cc2NC)c1N. The number of aromatic nitrogens is 2. The van der Waals surface area contributed by atoms with Crippen LogP contribution in [-0.2, 0) is 0 Å². The largest absolute Gasteiger partial charge is 0.473 e. The van der Waals surface area contributed by atoms with Crippen LogP contribution < -0.4 is 31.7 Å². The molecule has 1 aromatic carbocycles. The molecule has 0 spiro atoms. The fourth-order valence-electron chi connectivity index (χ4n) is 2.79. The van der Waals surface area contributed by atoms with Gasteiger partial charge in [-0.2, -0.15) is 4.98 Å². The monoisotopic (exact) mass is 373 g/mol. The Hall–Kier alpha value is -2.90. The Kier molecular flexibility index (Phi) is 6.92. The van der Waals surface area contributed by atoms with Crippen molar-refractivity contribution in [2.24, 2.45) is 0 Å². The normalized spacial score (nSPS) is 10.6. The molecule has 0 aliphatic rings. The first-order valence-corrected chi connectivity index (χ1v) is 9.26. The lowest BCUT2D eigenvalue weighted by Crippen LogP contribution is -2.17. The number of nitrogen functional groups attached to an aromatic ring is 1. The number of nitrogens with one attached hydrogen (secondary N) is 4. The first-order chi connectivity index (χ1) is 13.0. The van der Waals surface area contributed by atoms with Gasteiger partial charge in [0.1, 0.15) is 17.6 Å². The summed E-state index contributed by atoms with van der Waals surface area (Å²) in [7, 11) is 5.62. The average molecular weight is 374 g/mol. The summed E-state index contributed by atoms with van der Waals surface area (Å²) in [5, 5.41) is 12.9. The number of nitrogens with zero attached hydrogens (tertiary/aromatic N) is 2. The van der Waals surface area contributed by atoms with Gasteiger partial charge in [-0.25, -0.2) is 4.98 Å². The van der Waals surface area contributed by atoms with Gasteiger partial charge in [0.15, 0.2) is 5.82 Å². The van der Waals surface area contributed by atoms with Crippen molar-refractivity contribution in [1.29, 1.82) is 0 Å². The highest BCUT2D eigenvalue weighted by molar-refractivity contribution is 5.90. The van der Waals surface area contributed by atoms with Crippen molar-refractivity contribution in [3.63, 3.8) is 0 Å². The van der Waals surface area contributed by atoms with E-state index in [4.69, 9.17) is 10.5 Å². The summed E-state index contributed by atoms with van der Waals surface area (Å²) in [6, 6.07) is 4.02. The minimum atomic E-state index is 0.0742. The second-order valence-corrected chi connectivity index (χ2v) is 6.22. The fourth-order valence-corrected chi connectivity index (χ4v) is 2.79. The average Bonchev–Trinajstić information content (AvgIpc) is 2.68. The van der Waals surface area contributed by atoms with Crippen molar-refractivity contribution in [2.75, 3.05) is 48.1 Å². The van der Waals surface area contributed by atoms with E-state index < -0.39 is 0 Å². The summed E-state index contributed by atoms with van der Waals surface area (Å²) in [6.07, 6.45) is 1.85. The molecular weight excluding hydrogens is 342 g/mol. The predicted octanol–water partition coefficient (Wildman–Crippen LogP) is 3.80. The second-order valence-electron chi connectivity index (χ2n) is 6.22. The number of hydrogen-bond acceptors (Lipinski definition) is 8. The number of rotatable bonds is 9. The zero-order valence-electron chi connectivity index (χ0n) is 17.0. The molecule has 0 saturated carbocycles. The van der Waals surface area contributed by atoms with E-state index in [1.165, 1.54) is 0 Å². The molecule has 0 fully saturated rings. The van der Waals surface area contributed by atoms with Gasteiger partial charge in [-0.1, -0.05) is 13.8 Å². The van der Waals surface area contributed by atoms with Crippen molar-refractivity contribution in [2.45, 2.75) is 39.7 Å². The third kappa shape index (κ3) is 4.64. The molecule has 1 aromatic heterocycles. The Bertz CT molecular complexity index is 750. The van der Waals surface area contributed by atoms with E-state index in [1.807, 2.05) is 40.2 Å². The van der Waals surface area contributed by atoms with Crippen LogP contribution in [0.1, 0.15) is 32.5 Å². The van der Waals surface area contributed by atoms with E-state index in [2.05, 4.69) is 45.1 Å². The quantitative estimate of drug-likeness (QED) is 0.451. The van der Waals surface area contributed by atoms with Crippen molar-refractivity contribution in [1.82, 2.24) is 9.97 Å². The first-order valence-electron chi connectivity index (χ1n) is 9.26. The van der Waals surface area contributed by atoms with Crippen LogP contribution in [0, 0.1) is 6.92 Å². The van der Waals surface area contributed by atoms with E-state index in [0.29, 0.717) is 23.2 Å². The standard InChI is InChI=1S/C19H31N7O/c1-7-13(8-2)27-19-16(20)18(24-11(3)25-19)26-17-14(22-5)9-12(21-4)10-15(17)23-6/h9-10,13,21-23H,7-8,20H2,1-6H3,(H,24,25,26). The number of aryl methyl sites for hydroxylation is 1. The van der Waals surface area contributed by atoms with Gasteiger partial charge >= 0.3 is 0 Å². The van der Waals surface area contributed by atoms with Gasteiger partial charge in [0, 0.05) is 26.8 Å². The molecule has 6 N–H and O–H groups in total. The second kappa shape index (κ2) is 9.16. The van der Waals surface area contributed by atoms with Crippen LogP contribution in [0.5, 0.6) is 5.88 Å². The Balaban J connectivity index is 2.47. The number of hydrogen-bond donors (Lipinski definition) is 5. The van der Waals surface area contributed by atoms with Crippen molar-refractivity contribution in [3.05, 3.63) is 18.0 Å². The molecule has 148 valence electrons. The summed E-state index contributed by atoms with van der Waals surface area (Å²) in [6.45, 7) is 5.99. The lowest BCUT2D eigenvalue weighted by atomic mass is 10.2. The van der Waals surface area contributed by atoms with Crippen LogP contribution in [0.3, 0.4) is 0 Å². The molecule has 27 heavy (non-hydrogen) atoms. The Morgan fingerprint density at radius 1 is 1.00 bits per heavy atom. The van der Waals surface area contributed by atoms with Gasteiger partial charge in [0.25, 0.3) is 0 Å². The fraction of sp³-hybridized carbons (Fsp3) is 0.474. The van der Waals surface area contributed by atoms with Crippen LogP contribution in [-0.4, -0.2) is 37.2 Å². The van der Waals surface area contributed by atoms with Crippen molar-refractivity contribution < 1.29 is 4.74 Å². The van der Waals surface area contributed by atoms with Crippen molar-refractivity contribution in [3.8, 4) is 5.88 Å². The summed E-state index contributed by atoms with van der Waals surface area (Å²) in [4.78, 5) is 8.87. The van der Waals surface area contributed by atoms with Gasteiger partial charge in [0.05, 0.1) is 17.1 Å². The Labute approximate surface area is 161 Å². The van der Waals surface area contributed by atoms with Gasteiger partial charge in [-0.05, 0) is 31.9 Å². The maximum atomic E-state index is 6.33. The summed E-state index contributed by atoms with van der Waals surface area (Å²) in [5.74, 6) is 1.53. The minimum Gasteiger partial charge on any atom is -0.473 e. The van der Waals surface area contributed by atoms with Crippen LogP contribution in [0.15, 0.2) is 12.1 Å². The molecule has 8 heteroatoms.